The second kappa shape index (κ2) is 7.05. The fourth-order valence-corrected chi connectivity index (χ4v) is 4.10. The summed E-state index contributed by atoms with van der Waals surface area (Å²) in [5, 5.41) is 0. The molecule has 0 unspecified atom stereocenters. The Morgan fingerprint density at radius 3 is 2.11 bits per heavy atom. The van der Waals surface area contributed by atoms with Crippen LogP contribution >= 0.6 is 11.8 Å². The highest BCUT2D eigenvalue weighted by atomic mass is 32.2. The fourth-order valence-electron chi connectivity index (χ4n) is 3.23. The molecular weight excluding hydrogens is 395 g/mol. The van der Waals surface area contributed by atoms with Crippen molar-refractivity contribution in [1.29, 1.82) is 0 Å². The van der Waals surface area contributed by atoms with Crippen molar-refractivity contribution in [3.05, 3.63) is 88.2 Å². The Balaban J connectivity index is 1.59. The Morgan fingerprint density at radius 1 is 0.786 bits per heavy atom. The number of carbonyl (C=O) groups excluding carboxylic acids is 1. The van der Waals surface area contributed by atoms with Gasteiger partial charge in [0.15, 0.2) is 29.1 Å². The smallest absolute Gasteiger partial charge is 0.200 e. The van der Waals surface area contributed by atoms with Crippen molar-refractivity contribution in [2.24, 2.45) is 0 Å². The molecule has 0 aliphatic heterocycles. The molecule has 0 aromatic heterocycles. The van der Waals surface area contributed by atoms with Gasteiger partial charge >= 0.3 is 0 Å². The monoisotopic (exact) mass is 406 g/mol. The van der Waals surface area contributed by atoms with Crippen LogP contribution in [0.2, 0.25) is 0 Å². The van der Waals surface area contributed by atoms with Crippen molar-refractivity contribution in [2.45, 2.75) is 11.3 Å². The van der Waals surface area contributed by atoms with Crippen LogP contribution in [0.15, 0.2) is 47.4 Å². The Labute approximate surface area is 161 Å². The first-order valence-corrected chi connectivity index (χ1v) is 9.25. The maximum Gasteiger partial charge on any atom is 0.200 e. The molecule has 142 valence electrons. The molecule has 0 atom stereocenters. The lowest BCUT2D eigenvalue weighted by Crippen LogP contribution is -2.07. The number of carbonyl (C=O) groups is 1. The van der Waals surface area contributed by atoms with Crippen LogP contribution in [-0.2, 0) is 6.42 Å². The minimum Gasteiger partial charge on any atom is -0.293 e. The number of Topliss-reactive ketones (excluding diaryl/α,β-unsaturated/α-hetero) is 1. The molecular formula is C21H11F5OS. The molecule has 0 spiro atoms. The average Bonchev–Trinajstić information content (AvgIpc) is 3.08. The van der Waals surface area contributed by atoms with E-state index < -0.39 is 45.5 Å². The van der Waals surface area contributed by atoms with Crippen LogP contribution in [0.1, 0.15) is 21.5 Å². The van der Waals surface area contributed by atoms with E-state index in [1.54, 1.807) is 12.1 Å². The molecule has 0 radical (unpaired) electrons. The van der Waals surface area contributed by atoms with Crippen molar-refractivity contribution in [2.75, 3.05) is 5.75 Å². The Morgan fingerprint density at radius 2 is 1.39 bits per heavy atom. The van der Waals surface area contributed by atoms with Crippen LogP contribution in [0.3, 0.4) is 0 Å². The molecule has 0 saturated heterocycles. The number of benzene rings is 3. The molecule has 0 saturated carbocycles. The standard InChI is InChI=1S/C21H11F5OS/c22-16-17(23)19(25)21(20(26)18(16)24)28-9-15(27)12-6-5-11-7-10-3-1-2-4-13(10)14(11)8-12/h1-6,8H,7,9H2. The maximum absolute atomic E-state index is 13.7. The largest absolute Gasteiger partial charge is 0.293 e. The van der Waals surface area contributed by atoms with Crippen LogP contribution in [0.4, 0.5) is 22.0 Å². The van der Waals surface area contributed by atoms with Crippen LogP contribution in [0, 0.1) is 29.1 Å². The van der Waals surface area contributed by atoms with Gasteiger partial charge in [-0.25, -0.2) is 22.0 Å². The van der Waals surface area contributed by atoms with Crippen LogP contribution < -0.4 is 0 Å². The third-order valence-corrected chi connectivity index (χ3v) is 5.69. The fraction of sp³-hybridized carbons (Fsp3) is 0.0952. The summed E-state index contributed by atoms with van der Waals surface area (Å²) in [6, 6.07) is 12.9. The Hall–Kier alpha value is -2.67. The second-order valence-electron chi connectivity index (χ2n) is 6.32. The molecule has 7 heteroatoms. The molecule has 3 aromatic rings. The van der Waals surface area contributed by atoms with Gasteiger partial charge < -0.3 is 0 Å². The first-order valence-electron chi connectivity index (χ1n) is 8.27. The molecule has 28 heavy (non-hydrogen) atoms. The van der Waals surface area contributed by atoms with E-state index in [4.69, 9.17) is 0 Å². The number of rotatable bonds is 4. The molecule has 3 aromatic carbocycles. The molecule has 0 amide bonds. The molecule has 0 bridgehead atoms. The topological polar surface area (TPSA) is 17.1 Å². The van der Waals surface area contributed by atoms with Gasteiger partial charge in [0.1, 0.15) is 0 Å². The lowest BCUT2D eigenvalue weighted by molar-refractivity contribution is 0.102. The number of thioether (sulfide) groups is 1. The summed E-state index contributed by atoms with van der Waals surface area (Å²) in [6.07, 6.45) is 0.749. The number of fused-ring (bicyclic) bond motifs is 3. The highest BCUT2D eigenvalue weighted by Crippen LogP contribution is 2.37. The Bertz CT molecular complexity index is 1100. The van der Waals surface area contributed by atoms with E-state index in [1.165, 1.54) is 0 Å². The van der Waals surface area contributed by atoms with E-state index in [1.807, 2.05) is 30.3 Å². The summed E-state index contributed by atoms with van der Waals surface area (Å²) >= 11 is 0.286. The lowest BCUT2D eigenvalue weighted by Gasteiger charge is -2.08. The van der Waals surface area contributed by atoms with Gasteiger partial charge in [-0.2, -0.15) is 0 Å². The van der Waals surface area contributed by atoms with Crippen molar-refractivity contribution < 1.29 is 26.7 Å². The SMILES string of the molecule is O=C(CSc1c(F)c(F)c(F)c(F)c1F)c1ccc2c(c1)-c1ccccc1C2. The molecule has 0 N–H and O–H groups in total. The second-order valence-corrected chi connectivity index (χ2v) is 7.30. The van der Waals surface area contributed by atoms with Gasteiger partial charge in [0.05, 0.1) is 10.6 Å². The van der Waals surface area contributed by atoms with E-state index in [0.29, 0.717) is 5.56 Å². The van der Waals surface area contributed by atoms with Gasteiger partial charge in [-0.1, -0.05) is 36.4 Å². The first kappa shape index (κ1) is 18.7. The zero-order valence-electron chi connectivity index (χ0n) is 14.2. The molecule has 0 fully saturated rings. The number of hydrogen-bond donors (Lipinski definition) is 0. The number of hydrogen-bond acceptors (Lipinski definition) is 2. The van der Waals surface area contributed by atoms with Crippen LogP contribution in [-0.4, -0.2) is 11.5 Å². The van der Waals surface area contributed by atoms with Gasteiger partial charge in [0.25, 0.3) is 0 Å². The zero-order valence-corrected chi connectivity index (χ0v) is 15.0. The normalized spacial score (nSPS) is 12.0. The number of ketones is 1. The van der Waals surface area contributed by atoms with Crippen LogP contribution in [0.25, 0.3) is 11.1 Å². The third-order valence-electron chi connectivity index (χ3n) is 4.64. The van der Waals surface area contributed by atoms with E-state index in [-0.39, 0.29) is 11.8 Å². The van der Waals surface area contributed by atoms with Crippen molar-refractivity contribution >= 4 is 17.5 Å². The van der Waals surface area contributed by atoms with Gasteiger partial charge in [0, 0.05) is 5.56 Å². The average molecular weight is 406 g/mol. The van der Waals surface area contributed by atoms with E-state index in [9.17, 15) is 26.7 Å². The molecule has 1 aliphatic carbocycles. The number of halogens is 5. The van der Waals surface area contributed by atoms with Gasteiger partial charge in [-0.3, -0.25) is 4.79 Å². The quantitative estimate of drug-likeness (QED) is 0.137. The highest BCUT2D eigenvalue weighted by Gasteiger charge is 2.27. The molecule has 1 nitrogen and oxygen atoms in total. The molecule has 1 aliphatic rings. The van der Waals surface area contributed by atoms with Gasteiger partial charge in [0.2, 0.25) is 5.82 Å². The highest BCUT2D eigenvalue weighted by molar-refractivity contribution is 8.00. The predicted molar refractivity (Wildman–Crippen MR) is 96.0 cm³/mol. The van der Waals surface area contributed by atoms with Crippen molar-refractivity contribution in [3.63, 3.8) is 0 Å². The van der Waals surface area contributed by atoms with E-state index in [0.717, 1.165) is 28.7 Å². The summed E-state index contributed by atoms with van der Waals surface area (Å²) in [4.78, 5) is 11.4. The zero-order chi connectivity index (χ0) is 20.0. The minimum atomic E-state index is -2.22. The summed E-state index contributed by atoms with van der Waals surface area (Å²) in [5.41, 5.74) is 4.43. The van der Waals surface area contributed by atoms with Crippen LogP contribution in [0.5, 0.6) is 0 Å². The summed E-state index contributed by atoms with van der Waals surface area (Å²) < 4.78 is 67.2. The van der Waals surface area contributed by atoms with E-state index >= 15 is 0 Å². The van der Waals surface area contributed by atoms with Crippen molar-refractivity contribution in [3.8, 4) is 11.1 Å². The minimum absolute atomic E-state index is 0.286. The maximum atomic E-state index is 13.7. The molecule has 4 rings (SSSR count). The summed E-state index contributed by atoms with van der Waals surface area (Å²) in [7, 11) is 0. The lowest BCUT2D eigenvalue weighted by atomic mass is 10.0. The predicted octanol–water partition coefficient (Wildman–Crippen LogP) is 5.93. The summed E-state index contributed by atoms with van der Waals surface area (Å²) in [5.74, 6) is -11.1. The summed E-state index contributed by atoms with van der Waals surface area (Å²) in [6.45, 7) is 0. The third kappa shape index (κ3) is 2.99. The Kier molecular flexibility index (Phi) is 4.71. The van der Waals surface area contributed by atoms with Gasteiger partial charge in [-0.05, 0) is 34.7 Å². The van der Waals surface area contributed by atoms with E-state index in [2.05, 4.69) is 0 Å². The molecule has 0 heterocycles. The van der Waals surface area contributed by atoms with Crippen molar-refractivity contribution in [1.82, 2.24) is 0 Å². The van der Waals surface area contributed by atoms with Gasteiger partial charge in [-0.15, -0.1) is 11.8 Å². The first-order chi connectivity index (χ1) is 13.4.